The zero-order chi connectivity index (χ0) is 16.2. The van der Waals surface area contributed by atoms with E-state index >= 15 is 0 Å². The van der Waals surface area contributed by atoms with Crippen molar-refractivity contribution in [1.29, 1.82) is 0 Å². The maximum atomic E-state index is 10.0. The lowest BCUT2D eigenvalue weighted by Gasteiger charge is -2.38. The Kier molecular flexibility index (Phi) is 6.14. The van der Waals surface area contributed by atoms with Crippen molar-refractivity contribution < 1.29 is 30.6 Å². The average Bonchev–Trinajstić information content (AvgIpc) is 2.43. The van der Waals surface area contributed by atoms with Gasteiger partial charge in [-0.2, -0.15) is 10.2 Å². The predicted molar refractivity (Wildman–Crippen MR) is 68.3 cm³/mol. The van der Waals surface area contributed by atoms with Crippen LogP contribution in [0.5, 0.6) is 0 Å². The van der Waals surface area contributed by atoms with Gasteiger partial charge in [-0.05, 0) is 13.8 Å². The SMILES string of the molecule is CC(O)(N=NC(C)(O)C(N)(CO)CO)C(N)(CO)CO. The molecule has 10 nitrogen and oxygen atoms in total. The Labute approximate surface area is 116 Å². The van der Waals surface area contributed by atoms with E-state index in [0.29, 0.717) is 0 Å². The summed E-state index contributed by atoms with van der Waals surface area (Å²) in [4.78, 5) is 0. The van der Waals surface area contributed by atoms with E-state index in [1.807, 2.05) is 0 Å². The molecule has 0 amide bonds. The third kappa shape index (κ3) is 3.48. The number of hydrogen-bond donors (Lipinski definition) is 8. The molecule has 0 saturated carbocycles. The Morgan fingerprint density at radius 1 is 0.700 bits per heavy atom. The van der Waals surface area contributed by atoms with Crippen molar-refractivity contribution in [3.63, 3.8) is 0 Å². The lowest BCUT2D eigenvalue weighted by molar-refractivity contribution is -0.0912. The van der Waals surface area contributed by atoms with Gasteiger partial charge >= 0.3 is 0 Å². The Morgan fingerprint density at radius 2 is 0.900 bits per heavy atom. The van der Waals surface area contributed by atoms with Crippen molar-refractivity contribution in [3.8, 4) is 0 Å². The van der Waals surface area contributed by atoms with Crippen LogP contribution in [0.1, 0.15) is 13.8 Å². The highest BCUT2D eigenvalue weighted by molar-refractivity contribution is 5.01. The van der Waals surface area contributed by atoms with E-state index in [2.05, 4.69) is 10.2 Å². The summed E-state index contributed by atoms with van der Waals surface area (Å²) in [5, 5.41) is 63.2. The average molecular weight is 296 g/mol. The molecule has 20 heavy (non-hydrogen) atoms. The molecule has 0 aliphatic heterocycles. The normalized spacial score (nSPS) is 19.9. The van der Waals surface area contributed by atoms with E-state index < -0.39 is 49.0 Å². The van der Waals surface area contributed by atoms with Crippen molar-refractivity contribution in [2.45, 2.75) is 36.4 Å². The van der Waals surface area contributed by atoms with Gasteiger partial charge in [-0.25, -0.2) is 0 Å². The smallest absolute Gasteiger partial charge is 0.196 e. The zero-order valence-corrected chi connectivity index (χ0v) is 11.6. The molecule has 0 heterocycles. The van der Waals surface area contributed by atoms with Crippen LogP contribution in [-0.4, -0.2) is 79.6 Å². The van der Waals surface area contributed by atoms with Crippen molar-refractivity contribution in [2.75, 3.05) is 26.4 Å². The van der Waals surface area contributed by atoms with Crippen LogP contribution >= 0.6 is 0 Å². The van der Waals surface area contributed by atoms with Crippen LogP contribution in [0.25, 0.3) is 0 Å². The lowest BCUT2D eigenvalue weighted by Crippen LogP contribution is -2.65. The minimum absolute atomic E-state index is 0.800. The number of hydrogen-bond acceptors (Lipinski definition) is 10. The number of aliphatic hydroxyl groups is 6. The number of aliphatic hydroxyl groups excluding tert-OH is 4. The molecular formula is C10H24N4O6. The maximum Gasteiger partial charge on any atom is 0.196 e. The van der Waals surface area contributed by atoms with Crippen LogP contribution < -0.4 is 11.5 Å². The molecule has 10 heteroatoms. The predicted octanol–water partition coefficient (Wildman–Crippen LogP) is -3.78. The van der Waals surface area contributed by atoms with Crippen LogP contribution in [0, 0.1) is 0 Å². The fourth-order valence-corrected chi connectivity index (χ4v) is 1.09. The first-order valence-electron chi connectivity index (χ1n) is 5.85. The summed E-state index contributed by atoms with van der Waals surface area (Å²) < 4.78 is 0. The second kappa shape index (κ2) is 6.37. The van der Waals surface area contributed by atoms with Crippen LogP contribution in [0.3, 0.4) is 0 Å². The van der Waals surface area contributed by atoms with Gasteiger partial charge in [0.2, 0.25) is 0 Å². The van der Waals surface area contributed by atoms with Crippen LogP contribution in [0.2, 0.25) is 0 Å². The van der Waals surface area contributed by atoms with E-state index in [9.17, 15) is 10.2 Å². The first kappa shape index (κ1) is 19.3. The Bertz CT molecular complexity index is 307. The quantitative estimate of drug-likeness (QED) is 0.208. The Balaban J connectivity index is 5.38. The summed E-state index contributed by atoms with van der Waals surface area (Å²) in [7, 11) is 0. The Hall–Kier alpha value is -0.720. The fraction of sp³-hybridized carbons (Fsp3) is 1.00. The molecule has 0 aliphatic rings. The molecule has 0 aromatic carbocycles. The summed E-state index contributed by atoms with van der Waals surface area (Å²) in [5.41, 5.74) is 2.89. The minimum atomic E-state index is -2.22. The van der Waals surface area contributed by atoms with Gasteiger partial charge in [0.25, 0.3) is 0 Å². The second-order valence-corrected chi connectivity index (χ2v) is 5.19. The van der Waals surface area contributed by atoms with E-state index in [0.717, 1.165) is 13.8 Å². The van der Waals surface area contributed by atoms with E-state index in [1.54, 1.807) is 0 Å². The van der Waals surface area contributed by atoms with Gasteiger partial charge in [0.1, 0.15) is 11.1 Å². The van der Waals surface area contributed by atoms with Crippen molar-refractivity contribution in [2.24, 2.45) is 21.7 Å². The summed E-state index contributed by atoms with van der Waals surface area (Å²) in [6.07, 6.45) is 0. The number of nitrogens with two attached hydrogens (primary N) is 2. The molecule has 0 spiro atoms. The van der Waals surface area contributed by atoms with Crippen LogP contribution in [-0.2, 0) is 0 Å². The summed E-state index contributed by atoms with van der Waals surface area (Å²) >= 11 is 0. The van der Waals surface area contributed by atoms with Crippen molar-refractivity contribution in [1.82, 2.24) is 0 Å². The molecule has 0 saturated heterocycles. The van der Waals surface area contributed by atoms with Crippen molar-refractivity contribution >= 4 is 0 Å². The summed E-state index contributed by atoms with van der Waals surface area (Å²) in [5.74, 6) is 0. The topological polar surface area (TPSA) is 198 Å². The third-order valence-corrected chi connectivity index (χ3v) is 3.45. The molecule has 120 valence electrons. The second-order valence-electron chi connectivity index (χ2n) is 5.19. The van der Waals surface area contributed by atoms with Gasteiger partial charge in [-0.15, -0.1) is 0 Å². The van der Waals surface area contributed by atoms with E-state index in [-0.39, 0.29) is 0 Å². The fourth-order valence-electron chi connectivity index (χ4n) is 1.09. The highest BCUT2D eigenvalue weighted by Gasteiger charge is 2.48. The lowest BCUT2D eigenvalue weighted by atomic mass is 9.90. The molecule has 0 aliphatic carbocycles. The van der Waals surface area contributed by atoms with Gasteiger partial charge in [0.15, 0.2) is 11.4 Å². The van der Waals surface area contributed by atoms with E-state index in [1.165, 1.54) is 0 Å². The maximum absolute atomic E-state index is 10.0. The van der Waals surface area contributed by atoms with Gasteiger partial charge in [-0.3, -0.25) is 0 Å². The summed E-state index contributed by atoms with van der Waals surface area (Å²) in [6, 6.07) is 0. The molecule has 0 aromatic heterocycles. The van der Waals surface area contributed by atoms with Gasteiger partial charge in [-0.1, -0.05) is 0 Å². The van der Waals surface area contributed by atoms with Gasteiger partial charge < -0.3 is 42.1 Å². The minimum Gasteiger partial charge on any atom is -0.394 e. The van der Waals surface area contributed by atoms with Crippen LogP contribution in [0.15, 0.2) is 10.2 Å². The largest absolute Gasteiger partial charge is 0.394 e. The monoisotopic (exact) mass is 296 g/mol. The Morgan fingerprint density at radius 3 is 1.05 bits per heavy atom. The number of nitrogens with zero attached hydrogens (tertiary/aromatic N) is 2. The standard InChI is InChI=1S/C10H24N4O6/c1-7(19,9(11,3-15)4-16)13-14-8(2,20)10(12,5-17)6-18/h15-20H,3-6,11-12H2,1-2H3. The highest BCUT2D eigenvalue weighted by Crippen LogP contribution is 2.26. The molecule has 0 rings (SSSR count). The molecular weight excluding hydrogens is 272 g/mol. The molecule has 10 N–H and O–H groups in total. The molecule has 0 radical (unpaired) electrons. The van der Waals surface area contributed by atoms with Crippen molar-refractivity contribution in [3.05, 3.63) is 0 Å². The zero-order valence-electron chi connectivity index (χ0n) is 11.6. The highest BCUT2D eigenvalue weighted by atomic mass is 16.3. The molecule has 0 bridgehead atoms. The first-order valence-corrected chi connectivity index (χ1v) is 5.85. The molecule has 2 unspecified atom stereocenters. The van der Waals surface area contributed by atoms with Gasteiger partial charge in [0.05, 0.1) is 26.4 Å². The number of azo groups is 1. The molecule has 0 aromatic rings. The number of rotatable bonds is 8. The molecule has 2 atom stereocenters. The van der Waals surface area contributed by atoms with Crippen LogP contribution in [0.4, 0.5) is 0 Å². The molecule has 0 fully saturated rings. The third-order valence-electron chi connectivity index (χ3n) is 3.45. The van der Waals surface area contributed by atoms with Gasteiger partial charge in [0, 0.05) is 0 Å². The van der Waals surface area contributed by atoms with E-state index in [4.69, 9.17) is 31.9 Å². The first-order chi connectivity index (χ1) is 8.95. The summed E-state index contributed by atoms with van der Waals surface area (Å²) in [6.45, 7) is -1.07.